The van der Waals surface area contributed by atoms with Gasteiger partial charge >= 0.3 is 5.97 Å². The first kappa shape index (κ1) is 16.0. The minimum atomic E-state index is -0.490. The van der Waals surface area contributed by atoms with Crippen LogP contribution in [0.4, 0.5) is 0 Å². The maximum absolute atomic E-state index is 11.9. The van der Waals surface area contributed by atoms with Crippen molar-refractivity contribution in [3.63, 3.8) is 0 Å². The lowest BCUT2D eigenvalue weighted by molar-refractivity contribution is 0.0438. The summed E-state index contributed by atoms with van der Waals surface area (Å²) in [5, 5.41) is 8.36. The molecule has 0 radical (unpaired) electrons. The van der Waals surface area contributed by atoms with Crippen molar-refractivity contribution in [3.05, 3.63) is 65.0 Å². The minimum Gasteiger partial charge on any atom is -0.497 e. The molecule has 6 nitrogen and oxygen atoms in total. The zero-order chi connectivity index (χ0) is 16.9. The zero-order valence-electron chi connectivity index (χ0n) is 12.7. The molecule has 122 valence electrons. The van der Waals surface area contributed by atoms with Crippen molar-refractivity contribution < 1.29 is 18.7 Å². The fourth-order valence-electron chi connectivity index (χ4n) is 1.96. The Balaban J connectivity index is 1.63. The molecule has 3 aromatic rings. The zero-order valence-corrected chi connectivity index (χ0v) is 13.5. The summed E-state index contributed by atoms with van der Waals surface area (Å²) in [6.45, 7) is -0.107. The van der Waals surface area contributed by atoms with Gasteiger partial charge in [0.1, 0.15) is 5.75 Å². The van der Waals surface area contributed by atoms with Crippen LogP contribution in [-0.4, -0.2) is 23.3 Å². The molecule has 1 aromatic heterocycles. The molecule has 0 aliphatic rings. The fourth-order valence-corrected chi connectivity index (χ4v) is 2.08. The Morgan fingerprint density at radius 3 is 2.46 bits per heavy atom. The van der Waals surface area contributed by atoms with Gasteiger partial charge in [-0.3, -0.25) is 0 Å². The third-order valence-corrected chi connectivity index (χ3v) is 3.46. The van der Waals surface area contributed by atoms with Gasteiger partial charge in [0.15, 0.2) is 6.61 Å². The topological polar surface area (TPSA) is 74.5 Å². The Morgan fingerprint density at radius 1 is 1.08 bits per heavy atom. The number of carbonyl (C=O) groups excluding carboxylic acids is 1. The molecule has 0 fully saturated rings. The van der Waals surface area contributed by atoms with Crippen molar-refractivity contribution in [2.75, 3.05) is 7.11 Å². The standard InChI is InChI=1S/C17H13ClN2O4/c1-22-14-8-4-11(5-9-14)16-20-19-15(24-16)10-23-17(21)12-2-6-13(18)7-3-12/h2-9H,10H2,1H3. The summed E-state index contributed by atoms with van der Waals surface area (Å²) < 4.78 is 15.7. The smallest absolute Gasteiger partial charge is 0.338 e. The van der Waals surface area contributed by atoms with E-state index >= 15 is 0 Å². The number of benzene rings is 2. The molecule has 0 bridgehead atoms. The second-order valence-electron chi connectivity index (χ2n) is 4.81. The molecule has 1 heterocycles. The number of methoxy groups -OCH3 is 1. The number of aromatic nitrogens is 2. The normalized spacial score (nSPS) is 10.4. The first-order valence-corrected chi connectivity index (χ1v) is 7.43. The second kappa shape index (κ2) is 7.14. The molecule has 0 saturated carbocycles. The van der Waals surface area contributed by atoms with Gasteiger partial charge in [-0.1, -0.05) is 11.6 Å². The Labute approximate surface area is 143 Å². The lowest BCUT2D eigenvalue weighted by Gasteiger charge is -2.02. The van der Waals surface area contributed by atoms with Crippen LogP contribution in [0.1, 0.15) is 16.2 Å². The number of ether oxygens (including phenoxy) is 2. The highest BCUT2D eigenvalue weighted by Gasteiger charge is 2.12. The molecule has 0 unspecified atom stereocenters. The van der Waals surface area contributed by atoms with Crippen LogP contribution < -0.4 is 4.74 Å². The summed E-state index contributed by atoms with van der Waals surface area (Å²) >= 11 is 5.78. The second-order valence-corrected chi connectivity index (χ2v) is 5.25. The maximum atomic E-state index is 11.9. The summed E-state index contributed by atoms with van der Waals surface area (Å²) in [6.07, 6.45) is 0. The van der Waals surface area contributed by atoms with Crippen molar-refractivity contribution in [1.82, 2.24) is 10.2 Å². The lowest BCUT2D eigenvalue weighted by atomic mass is 10.2. The van der Waals surface area contributed by atoms with E-state index in [1.165, 1.54) is 0 Å². The Bertz CT molecular complexity index is 829. The number of esters is 1. The molecule has 0 spiro atoms. The van der Waals surface area contributed by atoms with Gasteiger partial charge in [0.25, 0.3) is 5.89 Å². The first-order chi connectivity index (χ1) is 11.7. The van der Waals surface area contributed by atoms with Crippen LogP contribution in [0.25, 0.3) is 11.5 Å². The monoisotopic (exact) mass is 344 g/mol. The third kappa shape index (κ3) is 3.72. The molecule has 0 atom stereocenters. The lowest BCUT2D eigenvalue weighted by Crippen LogP contribution is -2.05. The average Bonchev–Trinajstić information content (AvgIpc) is 3.09. The summed E-state index contributed by atoms with van der Waals surface area (Å²) in [4.78, 5) is 11.9. The molecule has 0 amide bonds. The predicted octanol–water partition coefficient (Wildman–Crippen LogP) is 3.76. The highest BCUT2D eigenvalue weighted by atomic mass is 35.5. The van der Waals surface area contributed by atoms with Gasteiger partial charge in [-0.15, -0.1) is 10.2 Å². The Kier molecular flexibility index (Phi) is 4.77. The van der Waals surface area contributed by atoms with E-state index in [4.69, 9.17) is 25.5 Å². The number of hydrogen-bond donors (Lipinski definition) is 0. The molecule has 0 aliphatic heterocycles. The van der Waals surface area contributed by atoms with Gasteiger partial charge in [0, 0.05) is 10.6 Å². The van der Waals surface area contributed by atoms with Crippen molar-refractivity contribution in [3.8, 4) is 17.2 Å². The highest BCUT2D eigenvalue weighted by molar-refractivity contribution is 6.30. The van der Waals surface area contributed by atoms with Crippen LogP contribution in [0, 0.1) is 0 Å². The average molecular weight is 345 g/mol. The molecular formula is C17H13ClN2O4. The SMILES string of the molecule is COc1ccc(-c2nnc(COC(=O)c3ccc(Cl)cc3)o2)cc1. The summed E-state index contributed by atoms with van der Waals surface area (Å²) in [5.74, 6) is 0.796. The molecule has 0 N–H and O–H groups in total. The quantitative estimate of drug-likeness (QED) is 0.656. The van der Waals surface area contributed by atoms with Crippen LogP contribution in [0.2, 0.25) is 5.02 Å². The van der Waals surface area contributed by atoms with Gasteiger partial charge < -0.3 is 13.9 Å². The molecule has 0 aliphatic carbocycles. The highest BCUT2D eigenvalue weighted by Crippen LogP contribution is 2.21. The van der Waals surface area contributed by atoms with E-state index in [-0.39, 0.29) is 12.5 Å². The van der Waals surface area contributed by atoms with Crippen molar-refractivity contribution >= 4 is 17.6 Å². The Morgan fingerprint density at radius 2 is 1.79 bits per heavy atom. The van der Waals surface area contributed by atoms with Crippen LogP contribution in [0.3, 0.4) is 0 Å². The van der Waals surface area contributed by atoms with Crippen LogP contribution in [0.15, 0.2) is 52.9 Å². The number of nitrogens with zero attached hydrogens (tertiary/aromatic N) is 2. The third-order valence-electron chi connectivity index (χ3n) is 3.21. The molecule has 0 saturated heterocycles. The van der Waals surface area contributed by atoms with Crippen molar-refractivity contribution in [2.45, 2.75) is 6.61 Å². The van der Waals surface area contributed by atoms with E-state index in [0.717, 1.165) is 11.3 Å². The molecular weight excluding hydrogens is 332 g/mol. The molecule has 3 rings (SSSR count). The van der Waals surface area contributed by atoms with Gasteiger partial charge in [-0.25, -0.2) is 4.79 Å². The van der Waals surface area contributed by atoms with Crippen LogP contribution in [0.5, 0.6) is 5.75 Å². The van der Waals surface area contributed by atoms with Crippen molar-refractivity contribution in [2.24, 2.45) is 0 Å². The number of carbonyl (C=O) groups is 1. The van der Waals surface area contributed by atoms with E-state index in [9.17, 15) is 4.79 Å². The number of rotatable bonds is 5. The first-order valence-electron chi connectivity index (χ1n) is 7.05. The van der Waals surface area contributed by atoms with Gasteiger partial charge in [-0.2, -0.15) is 0 Å². The Hall–Kier alpha value is -2.86. The van der Waals surface area contributed by atoms with E-state index in [1.54, 1.807) is 55.6 Å². The predicted molar refractivity (Wildman–Crippen MR) is 86.9 cm³/mol. The van der Waals surface area contributed by atoms with Crippen LogP contribution in [-0.2, 0) is 11.3 Å². The van der Waals surface area contributed by atoms with E-state index in [1.807, 2.05) is 0 Å². The van der Waals surface area contributed by atoms with Gasteiger partial charge in [0.2, 0.25) is 5.89 Å². The van der Waals surface area contributed by atoms with Crippen LogP contribution >= 0.6 is 11.6 Å². The fraction of sp³-hybridized carbons (Fsp3) is 0.118. The molecule has 7 heteroatoms. The summed E-state index contributed by atoms with van der Waals surface area (Å²) in [7, 11) is 1.59. The van der Waals surface area contributed by atoms with E-state index < -0.39 is 5.97 Å². The molecule has 24 heavy (non-hydrogen) atoms. The largest absolute Gasteiger partial charge is 0.497 e. The van der Waals surface area contributed by atoms with E-state index in [2.05, 4.69) is 10.2 Å². The number of hydrogen-bond acceptors (Lipinski definition) is 6. The maximum Gasteiger partial charge on any atom is 0.338 e. The van der Waals surface area contributed by atoms with Crippen molar-refractivity contribution in [1.29, 1.82) is 0 Å². The minimum absolute atomic E-state index is 0.107. The number of halogens is 1. The molecule has 2 aromatic carbocycles. The van der Waals surface area contributed by atoms with E-state index in [0.29, 0.717) is 16.5 Å². The summed E-state index contributed by atoms with van der Waals surface area (Å²) in [5.41, 5.74) is 1.15. The summed E-state index contributed by atoms with van der Waals surface area (Å²) in [6, 6.07) is 13.6. The van der Waals surface area contributed by atoms with Gasteiger partial charge in [0.05, 0.1) is 12.7 Å². The van der Waals surface area contributed by atoms with Gasteiger partial charge in [-0.05, 0) is 48.5 Å².